The van der Waals surface area contributed by atoms with E-state index in [0.717, 1.165) is 13.0 Å². The molecule has 21 heavy (non-hydrogen) atoms. The zero-order valence-electron chi connectivity index (χ0n) is 14.0. The molecule has 0 amide bonds. The van der Waals surface area contributed by atoms with E-state index in [-0.39, 0.29) is 6.04 Å². The Morgan fingerprint density at radius 2 is 2.24 bits per heavy atom. The van der Waals surface area contributed by atoms with Crippen LogP contribution in [-0.4, -0.2) is 48.6 Å². The third-order valence-corrected chi connectivity index (χ3v) is 6.02. The number of likely N-dealkylation sites (tertiary alicyclic amines) is 1. The standard InChI is InChI=1S/C17H31N3S/c1-5-15(18)16(17-13(3)9-11-21-17)19(4)12-14-8-7-10-20(14)6-2/h9,11,14-16H,5-8,10,12,18H2,1-4H3. The summed E-state index contributed by atoms with van der Waals surface area (Å²) in [5.74, 6) is 0. The molecule has 0 spiro atoms. The first kappa shape index (κ1) is 16.9. The van der Waals surface area contributed by atoms with Crippen LogP contribution in [0.5, 0.6) is 0 Å². The molecule has 3 nitrogen and oxygen atoms in total. The van der Waals surface area contributed by atoms with Crippen molar-refractivity contribution in [3.8, 4) is 0 Å². The largest absolute Gasteiger partial charge is 0.326 e. The molecule has 0 bridgehead atoms. The summed E-state index contributed by atoms with van der Waals surface area (Å²) in [7, 11) is 2.26. The van der Waals surface area contributed by atoms with Gasteiger partial charge >= 0.3 is 0 Å². The first-order valence-corrected chi connectivity index (χ1v) is 9.20. The van der Waals surface area contributed by atoms with Crippen molar-refractivity contribution in [3.63, 3.8) is 0 Å². The highest BCUT2D eigenvalue weighted by atomic mass is 32.1. The molecule has 120 valence electrons. The number of aryl methyl sites for hydroxylation is 1. The summed E-state index contributed by atoms with van der Waals surface area (Å²) in [6.45, 7) is 10.2. The lowest BCUT2D eigenvalue weighted by Gasteiger charge is -2.36. The van der Waals surface area contributed by atoms with Gasteiger partial charge in [0, 0.05) is 23.5 Å². The first-order valence-electron chi connectivity index (χ1n) is 8.32. The fourth-order valence-corrected chi connectivity index (χ4v) is 4.76. The minimum atomic E-state index is 0.212. The number of nitrogens with zero attached hydrogens (tertiary/aromatic N) is 2. The normalized spacial score (nSPS) is 22.9. The summed E-state index contributed by atoms with van der Waals surface area (Å²) in [6, 6.07) is 3.49. The van der Waals surface area contributed by atoms with E-state index in [2.05, 4.69) is 49.1 Å². The van der Waals surface area contributed by atoms with Crippen molar-refractivity contribution < 1.29 is 0 Å². The van der Waals surface area contributed by atoms with E-state index in [0.29, 0.717) is 12.1 Å². The molecular formula is C17H31N3S. The van der Waals surface area contributed by atoms with Gasteiger partial charge in [0.25, 0.3) is 0 Å². The van der Waals surface area contributed by atoms with Crippen LogP contribution in [0.15, 0.2) is 11.4 Å². The highest BCUT2D eigenvalue weighted by Crippen LogP contribution is 2.32. The Kier molecular flexibility index (Phi) is 6.23. The number of nitrogens with two attached hydrogens (primary N) is 1. The van der Waals surface area contributed by atoms with Gasteiger partial charge in [0.15, 0.2) is 0 Å². The van der Waals surface area contributed by atoms with Crippen LogP contribution in [0.25, 0.3) is 0 Å². The monoisotopic (exact) mass is 309 g/mol. The fourth-order valence-electron chi connectivity index (χ4n) is 3.60. The Morgan fingerprint density at radius 1 is 1.48 bits per heavy atom. The number of likely N-dealkylation sites (N-methyl/N-ethyl adjacent to an activating group) is 2. The average Bonchev–Trinajstić information content (AvgIpc) is 3.08. The highest BCUT2D eigenvalue weighted by Gasteiger charge is 2.30. The topological polar surface area (TPSA) is 32.5 Å². The number of rotatable bonds is 7. The van der Waals surface area contributed by atoms with E-state index in [4.69, 9.17) is 5.73 Å². The van der Waals surface area contributed by atoms with E-state index in [9.17, 15) is 0 Å². The van der Waals surface area contributed by atoms with Crippen LogP contribution >= 0.6 is 11.3 Å². The maximum Gasteiger partial charge on any atom is 0.0594 e. The van der Waals surface area contributed by atoms with Crippen molar-refractivity contribution in [2.75, 3.05) is 26.7 Å². The lowest BCUT2D eigenvalue weighted by molar-refractivity contribution is 0.148. The molecule has 1 aromatic heterocycles. The molecule has 2 heterocycles. The summed E-state index contributed by atoms with van der Waals surface area (Å²) in [5.41, 5.74) is 7.86. The zero-order chi connectivity index (χ0) is 15.4. The lowest BCUT2D eigenvalue weighted by Crippen LogP contribution is -2.45. The summed E-state index contributed by atoms with van der Waals surface area (Å²) >= 11 is 1.86. The van der Waals surface area contributed by atoms with Gasteiger partial charge in [-0.1, -0.05) is 13.8 Å². The SMILES string of the molecule is CCC(N)C(c1sccc1C)N(C)CC1CCCN1CC. The number of hydrogen-bond acceptors (Lipinski definition) is 4. The van der Waals surface area contributed by atoms with Gasteiger partial charge in [-0.05, 0) is 63.3 Å². The molecule has 1 saturated heterocycles. The van der Waals surface area contributed by atoms with Gasteiger partial charge in [0.2, 0.25) is 0 Å². The van der Waals surface area contributed by atoms with Gasteiger partial charge in [-0.25, -0.2) is 0 Å². The van der Waals surface area contributed by atoms with Crippen molar-refractivity contribution in [1.82, 2.24) is 9.80 Å². The van der Waals surface area contributed by atoms with Crippen LogP contribution < -0.4 is 5.73 Å². The average molecular weight is 310 g/mol. The van der Waals surface area contributed by atoms with Gasteiger partial charge in [-0.15, -0.1) is 11.3 Å². The molecule has 3 unspecified atom stereocenters. The molecule has 0 saturated carbocycles. The van der Waals surface area contributed by atoms with Crippen molar-refractivity contribution in [3.05, 3.63) is 21.9 Å². The maximum atomic E-state index is 6.47. The molecule has 2 N–H and O–H groups in total. The fraction of sp³-hybridized carbons (Fsp3) is 0.765. The summed E-state index contributed by atoms with van der Waals surface area (Å²) in [5, 5.41) is 2.20. The van der Waals surface area contributed by atoms with Gasteiger partial charge < -0.3 is 5.73 Å². The van der Waals surface area contributed by atoms with Crippen molar-refractivity contribution in [1.29, 1.82) is 0 Å². The minimum Gasteiger partial charge on any atom is -0.326 e. The second-order valence-electron chi connectivity index (χ2n) is 6.35. The van der Waals surface area contributed by atoms with E-state index in [1.807, 2.05) is 11.3 Å². The van der Waals surface area contributed by atoms with Crippen molar-refractivity contribution in [2.45, 2.75) is 58.2 Å². The molecule has 1 aliphatic heterocycles. The van der Waals surface area contributed by atoms with Gasteiger partial charge in [0.05, 0.1) is 6.04 Å². The lowest BCUT2D eigenvalue weighted by atomic mass is 10.00. The molecule has 4 heteroatoms. The van der Waals surface area contributed by atoms with Crippen LogP contribution in [0, 0.1) is 6.92 Å². The highest BCUT2D eigenvalue weighted by molar-refractivity contribution is 7.10. The summed E-state index contributed by atoms with van der Waals surface area (Å²) in [6.07, 6.45) is 3.69. The Hall–Kier alpha value is -0.420. The van der Waals surface area contributed by atoms with Crippen LogP contribution in [0.2, 0.25) is 0 Å². The number of thiophene rings is 1. The third kappa shape index (κ3) is 3.86. The van der Waals surface area contributed by atoms with Crippen LogP contribution in [0.4, 0.5) is 0 Å². The Balaban J connectivity index is 2.11. The quantitative estimate of drug-likeness (QED) is 0.839. The van der Waals surface area contributed by atoms with Gasteiger partial charge in [0.1, 0.15) is 0 Å². The second kappa shape index (κ2) is 7.73. The van der Waals surface area contributed by atoms with Crippen molar-refractivity contribution in [2.24, 2.45) is 5.73 Å². The predicted octanol–water partition coefficient (Wildman–Crippen LogP) is 3.25. The molecule has 0 aromatic carbocycles. The molecule has 1 aliphatic rings. The molecule has 0 radical (unpaired) electrons. The van der Waals surface area contributed by atoms with Crippen molar-refractivity contribution >= 4 is 11.3 Å². The molecule has 1 aromatic rings. The first-order chi connectivity index (χ1) is 10.1. The van der Waals surface area contributed by atoms with E-state index in [1.54, 1.807) is 0 Å². The molecule has 2 rings (SSSR count). The number of hydrogen-bond donors (Lipinski definition) is 1. The van der Waals surface area contributed by atoms with Crippen LogP contribution in [0.1, 0.15) is 49.6 Å². The molecule has 3 atom stereocenters. The molecule has 1 fully saturated rings. The maximum absolute atomic E-state index is 6.47. The Labute approximate surface area is 134 Å². The van der Waals surface area contributed by atoms with E-state index >= 15 is 0 Å². The summed E-state index contributed by atoms with van der Waals surface area (Å²) in [4.78, 5) is 6.57. The minimum absolute atomic E-state index is 0.212. The van der Waals surface area contributed by atoms with E-state index in [1.165, 1.54) is 36.4 Å². The predicted molar refractivity (Wildman–Crippen MR) is 93.0 cm³/mol. The van der Waals surface area contributed by atoms with E-state index < -0.39 is 0 Å². The zero-order valence-corrected chi connectivity index (χ0v) is 14.8. The van der Waals surface area contributed by atoms with Crippen LogP contribution in [-0.2, 0) is 0 Å². The summed E-state index contributed by atoms with van der Waals surface area (Å²) < 4.78 is 0. The third-order valence-electron chi connectivity index (χ3n) is 4.93. The Bertz CT molecular complexity index is 431. The second-order valence-corrected chi connectivity index (χ2v) is 7.30. The smallest absolute Gasteiger partial charge is 0.0594 e. The van der Waals surface area contributed by atoms with Gasteiger partial charge in [-0.2, -0.15) is 0 Å². The Morgan fingerprint density at radius 3 is 2.81 bits per heavy atom. The molecular weight excluding hydrogens is 278 g/mol. The van der Waals surface area contributed by atoms with Crippen LogP contribution in [0.3, 0.4) is 0 Å². The molecule has 0 aliphatic carbocycles. The van der Waals surface area contributed by atoms with Gasteiger partial charge in [-0.3, -0.25) is 9.80 Å².